The van der Waals surface area contributed by atoms with Crippen LogP contribution in [-0.2, 0) is 4.79 Å². The zero-order chi connectivity index (χ0) is 18.0. The molecule has 1 saturated carbocycles. The van der Waals surface area contributed by atoms with Crippen LogP contribution in [0.4, 0.5) is 0 Å². The molecule has 134 valence electrons. The molecule has 0 saturated heterocycles. The Balaban J connectivity index is 1.55. The minimum Gasteiger partial charge on any atom is -0.444 e. The first-order chi connectivity index (χ1) is 11.9. The third kappa shape index (κ3) is 4.47. The van der Waals surface area contributed by atoms with Crippen LogP contribution in [0.5, 0.6) is 0 Å². The molecule has 0 spiro atoms. The summed E-state index contributed by atoms with van der Waals surface area (Å²) in [5.41, 5.74) is 0. The highest BCUT2D eigenvalue weighted by molar-refractivity contribution is 9.10. The fourth-order valence-electron chi connectivity index (χ4n) is 2.30. The molecule has 0 bridgehead atoms. The van der Waals surface area contributed by atoms with E-state index in [1.165, 1.54) is 6.07 Å². The minimum atomic E-state index is -0.462. The molecule has 1 fully saturated rings. The lowest BCUT2D eigenvalue weighted by molar-refractivity contribution is -0.121. The van der Waals surface area contributed by atoms with Gasteiger partial charge in [0.15, 0.2) is 16.3 Å². The van der Waals surface area contributed by atoms with Gasteiger partial charge in [-0.2, -0.15) is 4.98 Å². The van der Waals surface area contributed by atoms with E-state index in [1.807, 2.05) is 13.8 Å². The normalized spacial score (nSPS) is 15.2. The summed E-state index contributed by atoms with van der Waals surface area (Å²) in [6.07, 6.45) is 2.15. The molecule has 1 unspecified atom stereocenters. The molecule has 3 rings (SSSR count). The fraction of sp³-hybridized carbons (Fsp3) is 0.500. The number of carbonyl (C=O) groups is 2. The van der Waals surface area contributed by atoms with Crippen LogP contribution >= 0.6 is 15.9 Å². The zero-order valence-corrected chi connectivity index (χ0v) is 15.5. The van der Waals surface area contributed by atoms with Crippen molar-refractivity contribution in [3.63, 3.8) is 0 Å². The van der Waals surface area contributed by atoms with Crippen molar-refractivity contribution in [2.45, 2.75) is 38.6 Å². The maximum atomic E-state index is 12.2. The second-order valence-corrected chi connectivity index (χ2v) is 7.12. The van der Waals surface area contributed by atoms with Crippen LogP contribution in [0.2, 0.25) is 0 Å². The van der Waals surface area contributed by atoms with Gasteiger partial charge in [-0.15, -0.1) is 0 Å². The molecule has 0 aliphatic heterocycles. The molecule has 1 aliphatic carbocycles. The molecular formula is C16H19BrN4O4. The van der Waals surface area contributed by atoms with Gasteiger partial charge in [0.1, 0.15) is 6.04 Å². The molecule has 2 aromatic heterocycles. The number of aromatic nitrogens is 2. The van der Waals surface area contributed by atoms with Gasteiger partial charge in [0.25, 0.3) is 5.91 Å². The van der Waals surface area contributed by atoms with Crippen LogP contribution < -0.4 is 10.6 Å². The molecule has 25 heavy (non-hydrogen) atoms. The summed E-state index contributed by atoms with van der Waals surface area (Å²) in [6.45, 7) is 3.72. The average Bonchev–Trinajstić information content (AvgIpc) is 3.14. The summed E-state index contributed by atoms with van der Waals surface area (Å²) >= 11 is 3.12. The van der Waals surface area contributed by atoms with Crippen molar-refractivity contribution in [2.24, 2.45) is 5.92 Å². The van der Waals surface area contributed by atoms with Gasteiger partial charge < -0.3 is 19.6 Å². The van der Waals surface area contributed by atoms with E-state index in [-0.39, 0.29) is 24.1 Å². The highest BCUT2D eigenvalue weighted by Gasteiger charge is 2.31. The van der Waals surface area contributed by atoms with Crippen molar-refractivity contribution >= 4 is 27.7 Å². The number of hydrogen-bond acceptors (Lipinski definition) is 6. The monoisotopic (exact) mass is 410 g/mol. The molecule has 2 aromatic rings. The van der Waals surface area contributed by atoms with Crippen molar-refractivity contribution in [1.82, 2.24) is 20.8 Å². The summed E-state index contributed by atoms with van der Waals surface area (Å²) in [6, 6.07) is 2.73. The fourth-order valence-corrected chi connectivity index (χ4v) is 2.61. The Morgan fingerprint density at radius 1 is 1.36 bits per heavy atom. The first kappa shape index (κ1) is 17.7. The number of nitrogens with zero attached hydrogens (tertiary/aromatic N) is 2. The van der Waals surface area contributed by atoms with Gasteiger partial charge in [-0.3, -0.25) is 9.59 Å². The highest BCUT2D eigenvalue weighted by atomic mass is 79.9. The van der Waals surface area contributed by atoms with Crippen molar-refractivity contribution in [3.05, 3.63) is 34.3 Å². The predicted octanol–water partition coefficient (Wildman–Crippen LogP) is 2.55. The topological polar surface area (TPSA) is 110 Å². The molecule has 1 aliphatic rings. The van der Waals surface area contributed by atoms with Crippen molar-refractivity contribution < 1.29 is 18.5 Å². The van der Waals surface area contributed by atoms with Crippen LogP contribution in [-0.4, -0.2) is 28.5 Å². The maximum absolute atomic E-state index is 12.2. The first-order valence-electron chi connectivity index (χ1n) is 8.10. The van der Waals surface area contributed by atoms with Crippen LogP contribution in [0.1, 0.15) is 60.9 Å². The summed E-state index contributed by atoms with van der Waals surface area (Å²) in [5, 5.41) is 9.32. The molecule has 2 heterocycles. The number of furan rings is 1. The minimum absolute atomic E-state index is 0.0631. The average molecular weight is 411 g/mol. The van der Waals surface area contributed by atoms with Crippen molar-refractivity contribution in [3.8, 4) is 0 Å². The standard InChI is InChI=1S/C16H19BrN4O4/c1-8(2)13(16-20-14(21-25-16)9-3-4-9)19-12(22)7-18-15(23)10-5-6-11(17)24-10/h5-6,8-9,13H,3-4,7H2,1-2H3,(H,18,23)(H,19,22). The lowest BCUT2D eigenvalue weighted by Gasteiger charge is -2.18. The number of amides is 2. The second-order valence-electron chi connectivity index (χ2n) is 6.34. The Kier molecular flexibility index (Phi) is 5.22. The molecule has 8 nitrogen and oxygen atoms in total. The smallest absolute Gasteiger partial charge is 0.287 e. The Bertz CT molecular complexity index is 766. The van der Waals surface area contributed by atoms with E-state index in [0.29, 0.717) is 22.3 Å². The largest absolute Gasteiger partial charge is 0.444 e. The third-order valence-electron chi connectivity index (χ3n) is 3.86. The molecular weight excluding hydrogens is 392 g/mol. The number of halogens is 1. The molecule has 2 amide bonds. The lowest BCUT2D eigenvalue weighted by Crippen LogP contribution is -2.40. The highest BCUT2D eigenvalue weighted by Crippen LogP contribution is 2.38. The van der Waals surface area contributed by atoms with Crippen molar-refractivity contribution in [2.75, 3.05) is 6.54 Å². The molecule has 2 N–H and O–H groups in total. The summed E-state index contributed by atoms with van der Waals surface area (Å²) in [4.78, 5) is 28.5. The molecule has 0 radical (unpaired) electrons. The van der Waals surface area contributed by atoms with E-state index in [1.54, 1.807) is 6.07 Å². The number of nitrogens with one attached hydrogen (secondary N) is 2. The third-order valence-corrected chi connectivity index (χ3v) is 4.28. The van der Waals surface area contributed by atoms with E-state index in [4.69, 9.17) is 8.94 Å². The van der Waals surface area contributed by atoms with E-state index in [0.717, 1.165) is 12.8 Å². The van der Waals surface area contributed by atoms with Gasteiger partial charge in [-0.05, 0) is 46.8 Å². The van der Waals surface area contributed by atoms with Gasteiger partial charge in [0.2, 0.25) is 11.8 Å². The Morgan fingerprint density at radius 3 is 2.72 bits per heavy atom. The van der Waals surface area contributed by atoms with Gasteiger partial charge in [-0.25, -0.2) is 0 Å². The summed E-state index contributed by atoms with van der Waals surface area (Å²) < 4.78 is 10.9. The van der Waals surface area contributed by atoms with Gasteiger partial charge in [0.05, 0.1) is 6.54 Å². The van der Waals surface area contributed by atoms with E-state index in [2.05, 4.69) is 36.7 Å². The van der Waals surface area contributed by atoms with Crippen LogP contribution in [0, 0.1) is 5.92 Å². The van der Waals surface area contributed by atoms with E-state index >= 15 is 0 Å². The molecule has 9 heteroatoms. The quantitative estimate of drug-likeness (QED) is 0.725. The zero-order valence-electron chi connectivity index (χ0n) is 13.9. The SMILES string of the molecule is CC(C)C(NC(=O)CNC(=O)c1ccc(Br)o1)c1nc(C2CC2)no1. The lowest BCUT2D eigenvalue weighted by atomic mass is 10.0. The van der Waals surface area contributed by atoms with Crippen LogP contribution in [0.25, 0.3) is 0 Å². The maximum Gasteiger partial charge on any atom is 0.287 e. The number of rotatable bonds is 7. The second kappa shape index (κ2) is 7.38. The number of hydrogen-bond donors (Lipinski definition) is 2. The summed E-state index contributed by atoms with van der Waals surface area (Å²) in [7, 11) is 0. The van der Waals surface area contributed by atoms with Gasteiger partial charge >= 0.3 is 0 Å². The van der Waals surface area contributed by atoms with Crippen molar-refractivity contribution in [1.29, 1.82) is 0 Å². The van der Waals surface area contributed by atoms with E-state index in [9.17, 15) is 9.59 Å². The predicted molar refractivity (Wildman–Crippen MR) is 90.7 cm³/mol. The Labute approximate surface area is 152 Å². The van der Waals surface area contributed by atoms with Crippen LogP contribution in [0.15, 0.2) is 25.7 Å². The van der Waals surface area contributed by atoms with Crippen LogP contribution in [0.3, 0.4) is 0 Å². The van der Waals surface area contributed by atoms with Gasteiger partial charge in [0, 0.05) is 5.92 Å². The Hall–Kier alpha value is -2.16. The summed E-state index contributed by atoms with van der Waals surface area (Å²) in [5.74, 6) is 0.866. The Morgan fingerprint density at radius 2 is 2.12 bits per heavy atom. The first-order valence-corrected chi connectivity index (χ1v) is 8.89. The molecule has 0 aromatic carbocycles. The molecule has 1 atom stereocenters. The van der Waals surface area contributed by atoms with Gasteiger partial charge in [-0.1, -0.05) is 19.0 Å². The number of carbonyl (C=O) groups excluding carboxylic acids is 2. The van der Waals surface area contributed by atoms with E-state index < -0.39 is 11.9 Å².